The van der Waals surface area contributed by atoms with Gasteiger partial charge < -0.3 is 10.6 Å². The van der Waals surface area contributed by atoms with Crippen LogP contribution in [0.25, 0.3) is 0 Å². The molecule has 2 N–H and O–H groups in total. The molecule has 1 aromatic rings. The first-order valence-corrected chi connectivity index (χ1v) is 5.07. The highest BCUT2D eigenvalue weighted by Crippen LogP contribution is 2.08. The Balaban J connectivity index is 2.79. The number of benzene rings is 1. The maximum Gasteiger partial charge on any atom is 0.255 e. The van der Waals surface area contributed by atoms with Gasteiger partial charge in [0.1, 0.15) is 5.82 Å². The van der Waals surface area contributed by atoms with Crippen molar-refractivity contribution < 1.29 is 18.0 Å². The third kappa shape index (κ3) is 4.07. The van der Waals surface area contributed by atoms with Crippen molar-refractivity contribution >= 4 is 5.91 Å². The van der Waals surface area contributed by atoms with Gasteiger partial charge in [-0.25, -0.2) is 13.2 Å². The largest absolute Gasteiger partial charge is 0.332 e. The lowest BCUT2D eigenvalue weighted by Gasteiger charge is -2.21. The molecular formula is C11H13F3N2O. The highest BCUT2D eigenvalue weighted by atomic mass is 19.3. The minimum atomic E-state index is -2.62. The van der Waals surface area contributed by atoms with Crippen molar-refractivity contribution in [2.75, 3.05) is 19.6 Å². The van der Waals surface area contributed by atoms with Gasteiger partial charge in [-0.3, -0.25) is 4.79 Å². The Labute approximate surface area is 97.0 Å². The molecule has 0 radical (unpaired) electrons. The number of carbonyl (C=O) groups is 1. The van der Waals surface area contributed by atoms with E-state index in [1.54, 1.807) is 0 Å². The van der Waals surface area contributed by atoms with Crippen molar-refractivity contribution in [3.05, 3.63) is 35.6 Å². The van der Waals surface area contributed by atoms with Crippen LogP contribution in [0.15, 0.2) is 24.3 Å². The fraction of sp³-hybridized carbons (Fsp3) is 0.364. The van der Waals surface area contributed by atoms with E-state index in [9.17, 15) is 18.0 Å². The number of hydrogen-bond acceptors (Lipinski definition) is 2. The lowest BCUT2D eigenvalue weighted by molar-refractivity contribution is 0.0563. The second kappa shape index (κ2) is 6.24. The Bertz CT molecular complexity index is 367. The van der Waals surface area contributed by atoms with E-state index < -0.39 is 24.7 Å². The molecular weight excluding hydrogens is 233 g/mol. The predicted octanol–water partition coefficient (Wildman–Crippen LogP) is 1.49. The van der Waals surface area contributed by atoms with Crippen LogP contribution in [0.1, 0.15) is 10.4 Å². The summed E-state index contributed by atoms with van der Waals surface area (Å²) in [6.07, 6.45) is -2.62. The lowest BCUT2D eigenvalue weighted by atomic mass is 10.2. The van der Waals surface area contributed by atoms with Crippen LogP contribution in [0.3, 0.4) is 0 Å². The zero-order valence-electron chi connectivity index (χ0n) is 9.07. The molecule has 0 spiro atoms. The summed E-state index contributed by atoms with van der Waals surface area (Å²) in [6.45, 7) is -0.534. The van der Waals surface area contributed by atoms with Crippen LogP contribution in [0.5, 0.6) is 0 Å². The van der Waals surface area contributed by atoms with Gasteiger partial charge in [-0.15, -0.1) is 0 Å². The van der Waals surface area contributed by atoms with E-state index in [1.807, 2.05) is 0 Å². The van der Waals surface area contributed by atoms with Crippen molar-refractivity contribution in [1.82, 2.24) is 4.90 Å². The molecule has 0 saturated heterocycles. The molecule has 0 aromatic heterocycles. The summed E-state index contributed by atoms with van der Waals surface area (Å²) in [5.41, 5.74) is 5.41. The predicted molar refractivity (Wildman–Crippen MR) is 57.4 cm³/mol. The zero-order valence-corrected chi connectivity index (χ0v) is 9.07. The summed E-state index contributed by atoms with van der Waals surface area (Å²) >= 11 is 0. The molecule has 0 bridgehead atoms. The minimum Gasteiger partial charge on any atom is -0.332 e. The average molecular weight is 246 g/mol. The monoisotopic (exact) mass is 246 g/mol. The Morgan fingerprint density at radius 2 is 1.88 bits per heavy atom. The van der Waals surface area contributed by atoms with E-state index in [0.717, 1.165) is 17.0 Å². The van der Waals surface area contributed by atoms with Gasteiger partial charge in [0.05, 0.1) is 6.54 Å². The molecule has 0 unspecified atom stereocenters. The molecule has 1 rings (SSSR count). The van der Waals surface area contributed by atoms with Crippen LogP contribution in [-0.4, -0.2) is 36.9 Å². The van der Waals surface area contributed by atoms with Gasteiger partial charge in [0.25, 0.3) is 12.3 Å². The Morgan fingerprint density at radius 1 is 1.29 bits per heavy atom. The number of nitrogens with two attached hydrogens (primary N) is 1. The smallest absolute Gasteiger partial charge is 0.255 e. The molecule has 0 atom stereocenters. The Morgan fingerprint density at radius 3 is 2.35 bits per heavy atom. The highest BCUT2D eigenvalue weighted by molar-refractivity contribution is 5.94. The first-order chi connectivity index (χ1) is 8.04. The van der Waals surface area contributed by atoms with Crippen molar-refractivity contribution in [3.63, 3.8) is 0 Å². The fourth-order valence-electron chi connectivity index (χ4n) is 1.37. The summed E-state index contributed by atoms with van der Waals surface area (Å²) in [5, 5.41) is 0. The molecule has 0 saturated carbocycles. The van der Waals surface area contributed by atoms with E-state index in [1.165, 1.54) is 12.1 Å². The molecule has 0 heterocycles. The van der Waals surface area contributed by atoms with Gasteiger partial charge in [0.15, 0.2) is 0 Å². The zero-order chi connectivity index (χ0) is 12.8. The normalized spacial score (nSPS) is 10.6. The molecule has 17 heavy (non-hydrogen) atoms. The molecule has 94 valence electrons. The maximum atomic E-state index is 12.6. The first kappa shape index (κ1) is 13.5. The second-order valence-electron chi connectivity index (χ2n) is 3.44. The SMILES string of the molecule is NCCN(CC(F)F)C(=O)c1ccc(F)cc1. The van der Waals surface area contributed by atoms with Crippen molar-refractivity contribution in [1.29, 1.82) is 0 Å². The van der Waals surface area contributed by atoms with Crippen LogP contribution < -0.4 is 5.73 Å². The molecule has 1 aromatic carbocycles. The van der Waals surface area contributed by atoms with E-state index in [0.29, 0.717) is 0 Å². The van der Waals surface area contributed by atoms with Gasteiger partial charge in [0, 0.05) is 18.7 Å². The number of nitrogens with zero attached hydrogens (tertiary/aromatic N) is 1. The summed E-state index contributed by atoms with van der Waals surface area (Å²) in [5.74, 6) is -1.06. The van der Waals surface area contributed by atoms with Crippen molar-refractivity contribution in [2.45, 2.75) is 6.43 Å². The third-order valence-electron chi connectivity index (χ3n) is 2.14. The van der Waals surface area contributed by atoms with Crippen LogP contribution in [0, 0.1) is 5.82 Å². The first-order valence-electron chi connectivity index (χ1n) is 5.07. The number of carbonyl (C=O) groups excluding carboxylic acids is 1. The van der Waals surface area contributed by atoms with E-state index in [4.69, 9.17) is 5.73 Å². The maximum absolute atomic E-state index is 12.6. The van der Waals surface area contributed by atoms with Crippen LogP contribution in [-0.2, 0) is 0 Å². The topological polar surface area (TPSA) is 46.3 Å². The van der Waals surface area contributed by atoms with Crippen LogP contribution in [0.2, 0.25) is 0 Å². The van der Waals surface area contributed by atoms with Gasteiger partial charge in [-0.2, -0.15) is 0 Å². The fourth-order valence-corrected chi connectivity index (χ4v) is 1.37. The molecule has 1 amide bonds. The standard InChI is InChI=1S/C11H13F3N2O/c12-9-3-1-8(2-4-9)11(17)16(6-5-15)7-10(13)14/h1-4,10H,5-7,15H2. The number of halogens is 3. The summed E-state index contributed by atoms with van der Waals surface area (Å²) in [6, 6.07) is 4.73. The number of hydrogen-bond donors (Lipinski definition) is 1. The van der Waals surface area contributed by atoms with Crippen molar-refractivity contribution in [2.24, 2.45) is 5.73 Å². The van der Waals surface area contributed by atoms with E-state index >= 15 is 0 Å². The molecule has 6 heteroatoms. The van der Waals surface area contributed by atoms with Crippen LogP contribution in [0.4, 0.5) is 13.2 Å². The summed E-state index contributed by atoms with van der Waals surface area (Å²) < 4.78 is 37.2. The average Bonchev–Trinajstić information content (AvgIpc) is 2.28. The third-order valence-corrected chi connectivity index (χ3v) is 2.14. The van der Waals surface area contributed by atoms with E-state index in [2.05, 4.69) is 0 Å². The number of amides is 1. The number of alkyl halides is 2. The van der Waals surface area contributed by atoms with Gasteiger partial charge in [0.2, 0.25) is 0 Å². The summed E-state index contributed by atoms with van der Waals surface area (Å²) in [7, 11) is 0. The molecule has 0 fully saturated rings. The van der Waals surface area contributed by atoms with Crippen molar-refractivity contribution in [3.8, 4) is 0 Å². The molecule has 0 aliphatic rings. The van der Waals surface area contributed by atoms with Crippen LogP contribution >= 0.6 is 0 Å². The Kier molecular flexibility index (Phi) is 4.96. The molecule has 0 aliphatic heterocycles. The molecule has 3 nitrogen and oxygen atoms in total. The van der Waals surface area contributed by atoms with Gasteiger partial charge in [-0.1, -0.05) is 0 Å². The second-order valence-corrected chi connectivity index (χ2v) is 3.44. The van der Waals surface area contributed by atoms with Gasteiger partial charge >= 0.3 is 0 Å². The minimum absolute atomic E-state index is 0.0422. The lowest BCUT2D eigenvalue weighted by Crippen LogP contribution is -2.38. The summed E-state index contributed by atoms with van der Waals surface area (Å²) in [4.78, 5) is 12.8. The number of rotatable bonds is 5. The van der Waals surface area contributed by atoms with Gasteiger partial charge in [-0.05, 0) is 24.3 Å². The quantitative estimate of drug-likeness (QED) is 0.855. The highest BCUT2D eigenvalue weighted by Gasteiger charge is 2.18. The molecule has 0 aliphatic carbocycles. The van der Waals surface area contributed by atoms with E-state index in [-0.39, 0.29) is 18.7 Å². The Hall–Kier alpha value is -1.56.